The average Bonchev–Trinajstić information content (AvgIpc) is 2.67. The minimum absolute atomic E-state index is 0.0494. The Bertz CT molecular complexity index is 905. The van der Waals surface area contributed by atoms with Crippen LogP contribution in [0.2, 0.25) is 0 Å². The van der Waals surface area contributed by atoms with Crippen molar-refractivity contribution >= 4 is 17.6 Å². The van der Waals surface area contributed by atoms with Gasteiger partial charge in [-0.25, -0.2) is 4.79 Å². The van der Waals surface area contributed by atoms with Crippen LogP contribution in [0.3, 0.4) is 0 Å². The van der Waals surface area contributed by atoms with Crippen LogP contribution in [0.25, 0.3) is 0 Å². The lowest BCUT2D eigenvalue weighted by Gasteiger charge is -2.08. The summed E-state index contributed by atoms with van der Waals surface area (Å²) in [6.45, 7) is 0.0494. The summed E-state index contributed by atoms with van der Waals surface area (Å²) in [7, 11) is 0. The van der Waals surface area contributed by atoms with Crippen molar-refractivity contribution < 1.29 is 19.4 Å². The van der Waals surface area contributed by atoms with Crippen molar-refractivity contribution in [3.8, 4) is 5.75 Å². The molecule has 5 nitrogen and oxygen atoms in total. The van der Waals surface area contributed by atoms with Crippen molar-refractivity contribution in [2.24, 2.45) is 0 Å². The molecule has 0 saturated carbocycles. The largest absolute Gasteiger partial charge is 0.507 e. The van der Waals surface area contributed by atoms with Gasteiger partial charge in [0, 0.05) is 11.3 Å². The summed E-state index contributed by atoms with van der Waals surface area (Å²) in [4.78, 5) is 24.2. The fourth-order valence-electron chi connectivity index (χ4n) is 2.35. The molecule has 0 atom stereocenters. The Balaban J connectivity index is 1.58. The van der Waals surface area contributed by atoms with Crippen LogP contribution >= 0.6 is 0 Å². The van der Waals surface area contributed by atoms with Gasteiger partial charge in [0.05, 0.1) is 0 Å². The highest BCUT2D eigenvalue weighted by molar-refractivity contribution is 6.04. The van der Waals surface area contributed by atoms with Gasteiger partial charge in [0.1, 0.15) is 17.9 Å². The fraction of sp³-hybridized carbons (Fsp3) is 0.0476. The van der Waals surface area contributed by atoms with Gasteiger partial charge in [-0.3, -0.25) is 4.79 Å². The van der Waals surface area contributed by atoms with Gasteiger partial charge in [0.2, 0.25) is 0 Å². The summed E-state index contributed by atoms with van der Waals surface area (Å²) in [6.07, 6.45) is 0. The molecule has 26 heavy (non-hydrogen) atoms. The normalized spacial score (nSPS) is 10.2. The van der Waals surface area contributed by atoms with Crippen LogP contribution in [0.4, 0.5) is 5.69 Å². The van der Waals surface area contributed by atoms with E-state index in [9.17, 15) is 14.7 Å². The molecule has 0 aromatic heterocycles. The van der Waals surface area contributed by atoms with E-state index in [1.165, 1.54) is 12.1 Å². The number of benzene rings is 3. The number of rotatable bonds is 5. The second-order valence-electron chi connectivity index (χ2n) is 5.61. The number of aromatic hydroxyl groups is 1. The second-order valence-corrected chi connectivity index (χ2v) is 5.61. The molecule has 0 fully saturated rings. The lowest BCUT2D eigenvalue weighted by molar-refractivity contribution is 0.0469. The van der Waals surface area contributed by atoms with Gasteiger partial charge in [-0.1, -0.05) is 42.5 Å². The monoisotopic (exact) mass is 347 g/mol. The Morgan fingerprint density at radius 2 is 1.50 bits per heavy atom. The lowest BCUT2D eigenvalue weighted by Crippen LogP contribution is -2.12. The maximum Gasteiger partial charge on any atom is 0.342 e. The highest BCUT2D eigenvalue weighted by Crippen LogP contribution is 2.17. The van der Waals surface area contributed by atoms with Crippen LogP contribution < -0.4 is 5.32 Å². The number of phenols is 1. The van der Waals surface area contributed by atoms with Crippen LogP contribution in [0.15, 0.2) is 78.9 Å². The summed E-state index contributed by atoms with van der Waals surface area (Å²) in [5.74, 6) is -0.937. The maximum atomic E-state index is 12.2. The molecule has 0 aliphatic carbocycles. The molecule has 0 unspecified atom stereocenters. The molecule has 0 bridgehead atoms. The zero-order valence-electron chi connectivity index (χ0n) is 13.9. The summed E-state index contributed by atoms with van der Waals surface area (Å²) in [6, 6.07) is 22.2. The van der Waals surface area contributed by atoms with Gasteiger partial charge in [0.15, 0.2) is 0 Å². The molecule has 0 aliphatic rings. The lowest BCUT2D eigenvalue weighted by atomic mass is 10.1. The number of para-hydroxylation sites is 2. The Labute approximate surface area is 150 Å². The first-order valence-corrected chi connectivity index (χ1v) is 8.04. The number of ether oxygens (including phenoxy) is 1. The summed E-state index contributed by atoms with van der Waals surface area (Å²) >= 11 is 0. The van der Waals surface area contributed by atoms with Gasteiger partial charge >= 0.3 is 5.97 Å². The quantitative estimate of drug-likeness (QED) is 0.684. The third kappa shape index (κ3) is 4.27. The third-order valence-electron chi connectivity index (χ3n) is 3.74. The van der Waals surface area contributed by atoms with E-state index in [1.807, 2.05) is 30.3 Å². The minimum Gasteiger partial charge on any atom is -0.507 e. The van der Waals surface area contributed by atoms with E-state index in [2.05, 4.69) is 5.32 Å². The number of phenolic OH excluding ortho intramolecular Hbond substituents is 1. The van der Waals surface area contributed by atoms with Crippen molar-refractivity contribution in [1.29, 1.82) is 0 Å². The molecule has 2 N–H and O–H groups in total. The number of hydrogen-bond acceptors (Lipinski definition) is 4. The Kier molecular flexibility index (Phi) is 5.29. The van der Waals surface area contributed by atoms with E-state index in [1.54, 1.807) is 36.4 Å². The maximum absolute atomic E-state index is 12.2. The number of esters is 1. The van der Waals surface area contributed by atoms with Crippen LogP contribution in [0, 0.1) is 0 Å². The summed E-state index contributed by atoms with van der Waals surface area (Å²) < 4.78 is 5.19. The average molecular weight is 347 g/mol. The first-order chi connectivity index (χ1) is 12.6. The van der Waals surface area contributed by atoms with Crippen LogP contribution in [-0.4, -0.2) is 17.0 Å². The third-order valence-corrected chi connectivity index (χ3v) is 3.74. The number of anilines is 1. The topological polar surface area (TPSA) is 75.6 Å². The van der Waals surface area contributed by atoms with E-state index >= 15 is 0 Å². The standard InChI is InChI=1S/C21H17NO4/c23-19-9-5-4-8-18(19)21(25)26-14-15-10-12-16(13-11-15)20(24)22-17-6-2-1-3-7-17/h1-13,23H,14H2,(H,22,24). The van der Waals surface area contributed by atoms with Gasteiger partial charge in [-0.15, -0.1) is 0 Å². The van der Waals surface area contributed by atoms with E-state index in [0.717, 1.165) is 11.3 Å². The van der Waals surface area contributed by atoms with E-state index < -0.39 is 5.97 Å². The minimum atomic E-state index is -0.603. The predicted molar refractivity (Wildman–Crippen MR) is 98.1 cm³/mol. The highest BCUT2D eigenvalue weighted by Gasteiger charge is 2.12. The first-order valence-electron chi connectivity index (χ1n) is 8.04. The number of carbonyl (C=O) groups is 2. The van der Waals surface area contributed by atoms with Crippen LogP contribution in [-0.2, 0) is 11.3 Å². The second kappa shape index (κ2) is 7.98. The van der Waals surface area contributed by atoms with Gasteiger partial charge in [0.25, 0.3) is 5.91 Å². The molecule has 3 aromatic carbocycles. The fourth-order valence-corrected chi connectivity index (χ4v) is 2.35. The number of hydrogen-bond donors (Lipinski definition) is 2. The van der Waals surface area contributed by atoms with Crippen molar-refractivity contribution in [2.45, 2.75) is 6.61 Å². The highest BCUT2D eigenvalue weighted by atomic mass is 16.5. The predicted octanol–water partition coefficient (Wildman–Crippen LogP) is 4.00. The van der Waals surface area contributed by atoms with Crippen molar-refractivity contribution in [1.82, 2.24) is 0 Å². The Morgan fingerprint density at radius 3 is 2.19 bits per heavy atom. The summed E-state index contributed by atoms with van der Waals surface area (Å²) in [5, 5.41) is 12.5. The molecular formula is C21H17NO4. The van der Waals surface area contributed by atoms with E-state index in [-0.39, 0.29) is 23.8 Å². The van der Waals surface area contributed by atoms with Gasteiger partial charge in [-0.05, 0) is 42.0 Å². The van der Waals surface area contributed by atoms with Crippen LogP contribution in [0.1, 0.15) is 26.3 Å². The number of amides is 1. The van der Waals surface area contributed by atoms with Crippen molar-refractivity contribution in [3.63, 3.8) is 0 Å². The van der Waals surface area contributed by atoms with Gasteiger partial charge in [-0.2, -0.15) is 0 Å². The Hall–Kier alpha value is -3.60. The molecule has 0 radical (unpaired) electrons. The summed E-state index contributed by atoms with van der Waals surface area (Å²) in [5.41, 5.74) is 2.08. The van der Waals surface area contributed by atoms with E-state index in [4.69, 9.17) is 4.74 Å². The first kappa shape index (κ1) is 17.2. The molecule has 0 heterocycles. The van der Waals surface area contributed by atoms with Crippen molar-refractivity contribution in [3.05, 3.63) is 95.6 Å². The molecular weight excluding hydrogens is 330 g/mol. The zero-order valence-corrected chi connectivity index (χ0v) is 13.9. The van der Waals surface area contributed by atoms with Crippen LogP contribution in [0.5, 0.6) is 5.75 Å². The van der Waals surface area contributed by atoms with E-state index in [0.29, 0.717) is 5.56 Å². The zero-order chi connectivity index (χ0) is 18.4. The molecule has 3 aromatic rings. The molecule has 3 rings (SSSR count). The van der Waals surface area contributed by atoms with Crippen molar-refractivity contribution in [2.75, 3.05) is 5.32 Å². The molecule has 130 valence electrons. The smallest absolute Gasteiger partial charge is 0.342 e. The molecule has 0 saturated heterocycles. The molecule has 1 amide bonds. The number of carbonyl (C=O) groups excluding carboxylic acids is 2. The SMILES string of the molecule is O=C(Nc1ccccc1)c1ccc(COC(=O)c2ccccc2O)cc1. The molecule has 0 spiro atoms. The molecule has 0 aliphatic heterocycles. The number of nitrogens with one attached hydrogen (secondary N) is 1. The molecule has 5 heteroatoms. The Morgan fingerprint density at radius 1 is 0.846 bits per heavy atom. The van der Waals surface area contributed by atoms with Gasteiger partial charge < -0.3 is 15.2 Å².